The minimum absolute atomic E-state index is 0.252. The molecule has 6 nitrogen and oxygen atoms in total. The van der Waals surface area contributed by atoms with Crippen molar-refractivity contribution in [2.75, 3.05) is 26.1 Å². The number of rotatable bonds is 6. The molecule has 2 rings (SSSR count). The van der Waals surface area contributed by atoms with Gasteiger partial charge in [-0.3, -0.25) is 0 Å². The quantitative estimate of drug-likeness (QED) is 0.781. The molecule has 0 fully saturated rings. The second-order valence-corrected chi connectivity index (χ2v) is 3.65. The van der Waals surface area contributed by atoms with Crippen molar-refractivity contribution in [3.8, 4) is 5.69 Å². The van der Waals surface area contributed by atoms with Crippen molar-refractivity contribution in [1.82, 2.24) is 15.0 Å². The monoisotopic (exact) mass is 248 g/mol. The fourth-order valence-electron chi connectivity index (χ4n) is 1.53. The average Bonchev–Trinajstić information content (AvgIpc) is 2.94. The van der Waals surface area contributed by atoms with Gasteiger partial charge in [0.25, 0.3) is 0 Å². The number of hydrogen-bond acceptors (Lipinski definition) is 5. The van der Waals surface area contributed by atoms with Gasteiger partial charge in [-0.05, 0) is 24.3 Å². The van der Waals surface area contributed by atoms with E-state index >= 15 is 0 Å². The molecule has 18 heavy (non-hydrogen) atoms. The van der Waals surface area contributed by atoms with Crippen LogP contribution in [-0.2, 0) is 9.47 Å². The van der Waals surface area contributed by atoms with Crippen molar-refractivity contribution in [2.24, 2.45) is 0 Å². The molecule has 1 aromatic carbocycles. The van der Waals surface area contributed by atoms with E-state index in [2.05, 4.69) is 15.5 Å². The lowest BCUT2D eigenvalue weighted by Gasteiger charge is -2.14. The predicted octanol–water partition coefficient (Wildman–Crippen LogP) is 1.30. The second kappa shape index (κ2) is 6.13. The maximum absolute atomic E-state index is 5.09. The Morgan fingerprint density at radius 3 is 2.28 bits per heavy atom. The number of benzene rings is 1. The third-order valence-corrected chi connectivity index (χ3v) is 2.52. The molecule has 0 atom stereocenters. The van der Waals surface area contributed by atoms with Gasteiger partial charge >= 0.3 is 0 Å². The van der Waals surface area contributed by atoms with Gasteiger partial charge in [-0.15, -0.1) is 0 Å². The lowest BCUT2D eigenvalue weighted by molar-refractivity contribution is -0.0914. The first-order valence-electron chi connectivity index (χ1n) is 5.59. The number of nitrogens with one attached hydrogen (secondary N) is 1. The summed E-state index contributed by atoms with van der Waals surface area (Å²) in [6, 6.07) is 7.80. The van der Waals surface area contributed by atoms with Crippen LogP contribution in [0.1, 0.15) is 0 Å². The number of hydrogen-bond donors (Lipinski definition) is 1. The molecular formula is C12H16N4O2. The van der Waals surface area contributed by atoms with Gasteiger partial charge in [-0.1, -0.05) is 0 Å². The zero-order valence-corrected chi connectivity index (χ0v) is 10.4. The van der Waals surface area contributed by atoms with Gasteiger partial charge in [-0.2, -0.15) is 15.0 Å². The van der Waals surface area contributed by atoms with Gasteiger partial charge in [-0.25, -0.2) is 0 Å². The molecule has 0 aliphatic carbocycles. The first-order valence-corrected chi connectivity index (χ1v) is 5.59. The number of nitrogens with zero attached hydrogens (tertiary/aromatic N) is 3. The highest BCUT2D eigenvalue weighted by molar-refractivity contribution is 5.48. The smallest absolute Gasteiger partial charge is 0.173 e. The van der Waals surface area contributed by atoms with Crippen LogP contribution in [0.5, 0.6) is 0 Å². The van der Waals surface area contributed by atoms with Crippen LogP contribution in [0.15, 0.2) is 36.7 Å². The molecule has 1 N–H and O–H groups in total. The molecule has 0 unspecified atom stereocenters. The van der Waals surface area contributed by atoms with E-state index in [1.165, 1.54) is 0 Å². The van der Waals surface area contributed by atoms with Crippen molar-refractivity contribution in [2.45, 2.75) is 6.29 Å². The van der Waals surface area contributed by atoms with E-state index in [0.717, 1.165) is 11.4 Å². The number of ether oxygens (including phenoxy) is 2. The van der Waals surface area contributed by atoms with E-state index in [0.29, 0.717) is 6.54 Å². The van der Waals surface area contributed by atoms with Crippen molar-refractivity contribution in [3.05, 3.63) is 36.7 Å². The number of methoxy groups -OCH3 is 2. The molecule has 0 spiro atoms. The van der Waals surface area contributed by atoms with Crippen LogP contribution in [0, 0.1) is 0 Å². The summed E-state index contributed by atoms with van der Waals surface area (Å²) < 4.78 is 10.2. The summed E-state index contributed by atoms with van der Waals surface area (Å²) >= 11 is 0. The Morgan fingerprint density at radius 1 is 1.11 bits per heavy atom. The van der Waals surface area contributed by atoms with Crippen molar-refractivity contribution < 1.29 is 9.47 Å². The predicted molar refractivity (Wildman–Crippen MR) is 67.7 cm³/mol. The second-order valence-electron chi connectivity index (χ2n) is 3.65. The summed E-state index contributed by atoms with van der Waals surface area (Å²) in [5, 5.41) is 11.3. The summed E-state index contributed by atoms with van der Waals surface area (Å²) in [7, 11) is 3.23. The van der Waals surface area contributed by atoms with Gasteiger partial charge in [0.2, 0.25) is 0 Å². The highest BCUT2D eigenvalue weighted by Gasteiger charge is 2.04. The zero-order chi connectivity index (χ0) is 12.8. The van der Waals surface area contributed by atoms with Gasteiger partial charge in [0, 0.05) is 19.9 Å². The summed E-state index contributed by atoms with van der Waals surface area (Å²) in [6.07, 6.45) is 3.04. The SMILES string of the molecule is COC(CNc1ccc(-n2nccn2)cc1)OC. The van der Waals surface area contributed by atoms with Crippen molar-refractivity contribution >= 4 is 5.69 Å². The highest BCUT2D eigenvalue weighted by atomic mass is 16.7. The molecule has 0 bridgehead atoms. The lowest BCUT2D eigenvalue weighted by Crippen LogP contribution is -2.23. The maximum atomic E-state index is 5.09. The molecule has 96 valence electrons. The van der Waals surface area contributed by atoms with E-state index in [1.54, 1.807) is 31.4 Å². The Hall–Kier alpha value is -1.92. The zero-order valence-electron chi connectivity index (χ0n) is 10.4. The number of anilines is 1. The van der Waals surface area contributed by atoms with Crippen LogP contribution >= 0.6 is 0 Å². The first-order chi connectivity index (χ1) is 8.83. The largest absolute Gasteiger partial charge is 0.380 e. The van der Waals surface area contributed by atoms with Crippen LogP contribution in [-0.4, -0.2) is 42.0 Å². The van der Waals surface area contributed by atoms with Crippen LogP contribution in [0.25, 0.3) is 5.69 Å². The Kier molecular flexibility index (Phi) is 4.27. The van der Waals surface area contributed by atoms with Gasteiger partial charge in [0.05, 0.1) is 24.6 Å². The summed E-state index contributed by atoms with van der Waals surface area (Å²) in [6.45, 7) is 0.590. The van der Waals surface area contributed by atoms with E-state index in [4.69, 9.17) is 9.47 Å². The van der Waals surface area contributed by atoms with Crippen LogP contribution < -0.4 is 5.32 Å². The average molecular weight is 248 g/mol. The summed E-state index contributed by atoms with van der Waals surface area (Å²) in [5.74, 6) is 0. The number of aromatic nitrogens is 3. The van der Waals surface area contributed by atoms with Crippen LogP contribution in [0.2, 0.25) is 0 Å². The molecule has 0 saturated carbocycles. The minimum atomic E-state index is -0.252. The third-order valence-electron chi connectivity index (χ3n) is 2.52. The normalized spacial score (nSPS) is 10.8. The molecule has 0 saturated heterocycles. The van der Waals surface area contributed by atoms with E-state index in [1.807, 2.05) is 24.3 Å². The molecule has 6 heteroatoms. The van der Waals surface area contributed by atoms with E-state index in [9.17, 15) is 0 Å². The van der Waals surface area contributed by atoms with Crippen LogP contribution in [0.4, 0.5) is 5.69 Å². The molecule has 0 aliphatic heterocycles. The van der Waals surface area contributed by atoms with Crippen molar-refractivity contribution in [1.29, 1.82) is 0 Å². The van der Waals surface area contributed by atoms with Crippen LogP contribution in [0.3, 0.4) is 0 Å². The Morgan fingerprint density at radius 2 is 1.72 bits per heavy atom. The molecule has 0 radical (unpaired) electrons. The molecule has 0 aliphatic rings. The van der Waals surface area contributed by atoms with Gasteiger partial charge in [0.15, 0.2) is 6.29 Å². The molecule has 1 aromatic heterocycles. The molecule has 2 aromatic rings. The van der Waals surface area contributed by atoms with Crippen molar-refractivity contribution in [3.63, 3.8) is 0 Å². The highest BCUT2D eigenvalue weighted by Crippen LogP contribution is 2.11. The third kappa shape index (κ3) is 3.06. The lowest BCUT2D eigenvalue weighted by atomic mass is 10.3. The fourth-order valence-corrected chi connectivity index (χ4v) is 1.53. The Balaban J connectivity index is 1.96. The Bertz CT molecular complexity index is 451. The molecular weight excluding hydrogens is 232 g/mol. The molecule has 0 amide bonds. The van der Waals surface area contributed by atoms with Gasteiger partial charge in [0.1, 0.15) is 0 Å². The van der Waals surface area contributed by atoms with E-state index < -0.39 is 0 Å². The standard InChI is InChI=1S/C12H16N4O2/c1-17-12(18-2)9-13-10-3-5-11(6-4-10)16-14-7-8-15-16/h3-8,12-13H,9H2,1-2H3. The fraction of sp³-hybridized carbons (Fsp3) is 0.333. The Labute approximate surface area is 106 Å². The minimum Gasteiger partial charge on any atom is -0.380 e. The topological polar surface area (TPSA) is 61.2 Å². The molecule has 1 heterocycles. The summed E-state index contributed by atoms with van der Waals surface area (Å²) in [5.41, 5.74) is 1.91. The van der Waals surface area contributed by atoms with E-state index in [-0.39, 0.29) is 6.29 Å². The summed E-state index contributed by atoms with van der Waals surface area (Å²) in [4.78, 5) is 1.57. The first kappa shape index (κ1) is 12.5. The van der Waals surface area contributed by atoms with Gasteiger partial charge < -0.3 is 14.8 Å². The maximum Gasteiger partial charge on any atom is 0.173 e.